The Labute approximate surface area is 215 Å². The number of fused-ring (bicyclic) bond motifs is 2. The molecule has 1 N–H and O–H groups in total. The molecule has 0 saturated carbocycles. The number of amides is 1. The number of benzene rings is 2. The summed E-state index contributed by atoms with van der Waals surface area (Å²) in [5.74, 6) is -0.0643. The van der Waals surface area contributed by atoms with Crippen molar-refractivity contribution in [1.82, 2.24) is 4.98 Å². The summed E-state index contributed by atoms with van der Waals surface area (Å²) >= 11 is 1.50. The minimum Gasteiger partial charge on any atom is -0.462 e. The molecule has 0 fully saturated rings. The zero-order valence-corrected chi connectivity index (χ0v) is 21.9. The normalized spacial score (nSPS) is 14.9. The molecule has 1 atom stereocenters. The number of hydrogen-bond donors (Lipinski definition) is 1. The number of para-hydroxylation sites is 1. The predicted molar refractivity (Wildman–Crippen MR) is 146 cm³/mol. The van der Waals surface area contributed by atoms with Crippen LogP contribution in [0.15, 0.2) is 48.5 Å². The monoisotopic (exact) mass is 498 g/mol. The number of ether oxygens (including phenoxy) is 1. The molecule has 1 aliphatic carbocycles. The number of aryl methyl sites for hydroxylation is 2. The van der Waals surface area contributed by atoms with E-state index in [-0.39, 0.29) is 11.9 Å². The van der Waals surface area contributed by atoms with Crippen molar-refractivity contribution in [2.45, 2.75) is 47.0 Å². The number of rotatable bonds is 5. The van der Waals surface area contributed by atoms with Crippen molar-refractivity contribution in [2.75, 3.05) is 11.9 Å². The maximum absolute atomic E-state index is 13.8. The van der Waals surface area contributed by atoms with Crippen molar-refractivity contribution in [3.63, 3.8) is 0 Å². The predicted octanol–water partition coefficient (Wildman–Crippen LogP) is 7.13. The third kappa shape index (κ3) is 4.53. The van der Waals surface area contributed by atoms with Crippen LogP contribution in [0.4, 0.5) is 5.00 Å². The second-order valence-electron chi connectivity index (χ2n) is 9.60. The molecular formula is C30H30N2O3S. The Bertz CT molecular complexity index is 1490. The third-order valence-electron chi connectivity index (χ3n) is 6.98. The van der Waals surface area contributed by atoms with Crippen LogP contribution in [0.2, 0.25) is 0 Å². The first-order valence-corrected chi connectivity index (χ1v) is 13.3. The molecular weight excluding hydrogens is 468 g/mol. The second-order valence-corrected chi connectivity index (χ2v) is 10.7. The lowest BCUT2D eigenvalue weighted by molar-refractivity contribution is 0.0526. The van der Waals surface area contributed by atoms with E-state index in [0.717, 1.165) is 47.0 Å². The van der Waals surface area contributed by atoms with Gasteiger partial charge >= 0.3 is 5.97 Å². The first-order chi connectivity index (χ1) is 17.4. The summed E-state index contributed by atoms with van der Waals surface area (Å²) < 4.78 is 5.38. The molecule has 0 spiro atoms. The molecule has 0 saturated heterocycles. The van der Waals surface area contributed by atoms with Crippen molar-refractivity contribution in [3.8, 4) is 11.3 Å². The van der Waals surface area contributed by atoms with Gasteiger partial charge < -0.3 is 10.1 Å². The number of pyridine rings is 1. The summed E-state index contributed by atoms with van der Waals surface area (Å²) in [6, 6.07) is 15.7. The average Bonchev–Trinajstić information content (AvgIpc) is 3.21. The maximum Gasteiger partial charge on any atom is 0.341 e. The van der Waals surface area contributed by atoms with Crippen molar-refractivity contribution < 1.29 is 14.3 Å². The lowest BCUT2D eigenvalue weighted by Crippen LogP contribution is -2.17. The van der Waals surface area contributed by atoms with Crippen LogP contribution in [-0.4, -0.2) is 23.5 Å². The largest absolute Gasteiger partial charge is 0.462 e. The van der Waals surface area contributed by atoms with Crippen LogP contribution < -0.4 is 5.32 Å². The van der Waals surface area contributed by atoms with Gasteiger partial charge in [0.15, 0.2) is 0 Å². The highest BCUT2D eigenvalue weighted by atomic mass is 32.1. The molecule has 5 nitrogen and oxygen atoms in total. The van der Waals surface area contributed by atoms with Crippen LogP contribution in [0.5, 0.6) is 0 Å². The maximum atomic E-state index is 13.8. The van der Waals surface area contributed by atoms with Crippen LogP contribution in [-0.2, 0) is 17.6 Å². The molecule has 36 heavy (non-hydrogen) atoms. The van der Waals surface area contributed by atoms with Gasteiger partial charge in [0.2, 0.25) is 0 Å². The van der Waals surface area contributed by atoms with E-state index in [0.29, 0.717) is 28.7 Å². The first kappa shape index (κ1) is 24.2. The molecule has 0 radical (unpaired) electrons. The number of anilines is 1. The number of esters is 1. The number of thiophene rings is 1. The van der Waals surface area contributed by atoms with Gasteiger partial charge in [-0.05, 0) is 80.8 Å². The van der Waals surface area contributed by atoms with E-state index in [4.69, 9.17) is 9.72 Å². The molecule has 1 aliphatic rings. The molecule has 1 amide bonds. The minimum absolute atomic E-state index is 0.254. The van der Waals surface area contributed by atoms with Crippen LogP contribution in [0.1, 0.15) is 62.6 Å². The van der Waals surface area contributed by atoms with Gasteiger partial charge in [-0.1, -0.05) is 37.3 Å². The van der Waals surface area contributed by atoms with Gasteiger partial charge in [0.05, 0.1) is 28.9 Å². The van der Waals surface area contributed by atoms with Crippen molar-refractivity contribution in [2.24, 2.45) is 5.92 Å². The summed E-state index contributed by atoms with van der Waals surface area (Å²) in [4.78, 5) is 32.7. The van der Waals surface area contributed by atoms with Crippen LogP contribution in [0, 0.1) is 19.8 Å². The van der Waals surface area contributed by atoms with Crippen LogP contribution in [0.25, 0.3) is 22.2 Å². The molecule has 6 heteroatoms. The van der Waals surface area contributed by atoms with E-state index in [1.165, 1.54) is 27.3 Å². The molecule has 0 bridgehead atoms. The summed E-state index contributed by atoms with van der Waals surface area (Å²) in [5.41, 5.74) is 6.92. The highest BCUT2D eigenvalue weighted by molar-refractivity contribution is 7.17. The van der Waals surface area contributed by atoms with Crippen molar-refractivity contribution in [3.05, 3.63) is 81.2 Å². The van der Waals surface area contributed by atoms with Gasteiger partial charge in [-0.25, -0.2) is 9.78 Å². The number of nitrogens with one attached hydrogen (secondary N) is 1. The number of nitrogens with zero attached hydrogens (tertiary/aromatic N) is 1. The van der Waals surface area contributed by atoms with E-state index in [2.05, 4.69) is 38.2 Å². The standard InChI is InChI=1S/C30H30N2O3S/c1-5-35-30(34)27-22-13-10-17(2)14-26(22)36-29(27)32-28(33)23-16-25(20-12-11-18(3)19(4)15-20)31-24-9-7-6-8-21(23)24/h6-9,11-12,15-17H,5,10,13-14H2,1-4H3,(H,32,33)/t17-/m0/s1. The molecule has 4 aromatic rings. The number of carbonyl (C=O) groups is 2. The summed E-state index contributed by atoms with van der Waals surface area (Å²) in [6.45, 7) is 8.47. The quantitative estimate of drug-likeness (QED) is 0.297. The van der Waals surface area contributed by atoms with E-state index in [1.54, 1.807) is 6.92 Å². The highest BCUT2D eigenvalue weighted by Crippen LogP contribution is 2.40. The first-order valence-electron chi connectivity index (χ1n) is 12.5. The fraction of sp³-hybridized carbons (Fsp3) is 0.300. The molecule has 2 heterocycles. The van der Waals surface area contributed by atoms with E-state index in [1.807, 2.05) is 36.4 Å². The minimum atomic E-state index is -0.366. The fourth-order valence-electron chi connectivity index (χ4n) is 4.84. The van der Waals surface area contributed by atoms with Gasteiger partial charge in [0, 0.05) is 15.8 Å². The van der Waals surface area contributed by atoms with Crippen molar-refractivity contribution >= 4 is 39.1 Å². The number of aromatic nitrogens is 1. The molecule has 184 valence electrons. The third-order valence-corrected chi connectivity index (χ3v) is 8.15. The van der Waals surface area contributed by atoms with Crippen LogP contribution in [0.3, 0.4) is 0 Å². The van der Waals surface area contributed by atoms with E-state index < -0.39 is 0 Å². The SMILES string of the molecule is CCOC(=O)c1c(NC(=O)c2cc(-c3ccc(C)c(C)c3)nc3ccccc23)sc2c1CC[C@H](C)C2. The zero-order chi connectivity index (χ0) is 25.4. The summed E-state index contributed by atoms with van der Waals surface area (Å²) in [6.07, 6.45) is 2.77. The molecule has 2 aromatic carbocycles. The molecule has 0 aliphatic heterocycles. The van der Waals surface area contributed by atoms with E-state index >= 15 is 0 Å². The smallest absolute Gasteiger partial charge is 0.341 e. The van der Waals surface area contributed by atoms with Gasteiger partial charge in [-0.3, -0.25) is 4.79 Å². The lowest BCUT2D eigenvalue weighted by atomic mass is 9.88. The Kier molecular flexibility index (Phi) is 6.63. The molecule has 0 unspecified atom stereocenters. The Hall–Kier alpha value is -3.51. The zero-order valence-electron chi connectivity index (χ0n) is 21.1. The second kappa shape index (κ2) is 9.86. The van der Waals surface area contributed by atoms with Gasteiger partial charge in [0.1, 0.15) is 5.00 Å². The van der Waals surface area contributed by atoms with E-state index in [9.17, 15) is 9.59 Å². The van der Waals surface area contributed by atoms with Crippen molar-refractivity contribution in [1.29, 1.82) is 0 Å². The topological polar surface area (TPSA) is 68.3 Å². The Morgan fingerprint density at radius 1 is 1.11 bits per heavy atom. The summed E-state index contributed by atoms with van der Waals surface area (Å²) in [5, 5.41) is 4.43. The highest BCUT2D eigenvalue weighted by Gasteiger charge is 2.29. The average molecular weight is 499 g/mol. The van der Waals surface area contributed by atoms with Crippen LogP contribution >= 0.6 is 11.3 Å². The Balaban J connectivity index is 1.58. The van der Waals surface area contributed by atoms with Gasteiger partial charge in [-0.15, -0.1) is 11.3 Å². The van der Waals surface area contributed by atoms with Gasteiger partial charge in [-0.2, -0.15) is 0 Å². The number of hydrogen-bond acceptors (Lipinski definition) is 5. The Morgan fingerprint density at radius 2 is 1.92 bits per heavy atom. The molecule has 5 rings (SSSR count). The summed E-state index contributed by atoms with van der Waals surface area (Å²) in [7, 11) is 0. The number of carbonyl (C=O) groups excluding carboxylic acids is 2. The fourth-order valence-corrected chi connectivity index (χ4v) is 6.23. The van der Waals surface area contributed by atoms with Gasteiger partial charge in [0.25, 0.3) is 5.91 Å². The lowest BCUT2D eigenvalue weighted by Gasteiger charge is -2.18. The Morgan fingerprint density at radius 3 is 2.69 bits per heavy atom. The molecule has 2 aromatic heterocycles.